The van der Waals surface area contributed by atoms with Crippen LogP contribution in [0.25, 0.3) is 0 Å². The van der Waals surface area contributed by atoms with E-state index in [4.69, 9.17) is 4.74 Å². The lowest BCUT2D eigenvalue weighted by Crippen LogP contribution is -2.76. The zero-order valence-corrected chi connectivity index (χ0v) is 22.8. The first kappa shape index (κ1) is 27.4. The van der Waals surface area contributed by atoms with E-state index < -0.39 is 12.2 Å². The number of likely N-dealkylation sites (N-methyl/N-ethyl adjacent to an activating group) is 1. The highest BCUT2D eigenvalue weighted by atomic mass is 16.5. The monoisotopic (exact) mass is 521 g/mol. The number of nitrogens with one attached hydrogen (secondary N) is 1. The summed E-state index contributed by atoms with van der Waals surface area (Å²) >= 11 is 0. The number of rotatable bonds is 9. The van der Waals surface area contributed by atoms with Crippen molar-refractivity contribution < 1.29 is 19.1 Å². The van der Waals surface area contributed by atoms with Crippen LogP contribution in [-0.4, -0.2) is 83.7 Å². The van der Waals surface area contributed by atoms with Crippen molar-refractivity contribution in [1.29, 1.82) is 0 Å². The van der Waals surface area contributed by atoms with Gasteiger partial charge >= 0.3 is 6.03 Å². The van der Waals surface area contributed by atoms with Crippen LogP contribution in [0.3, 0.4) is 0 Å². The fraction of sp³-hybridized carbons (Fsp3) is 0.483. The molecule has 0 aromatic heterocycles. The Kier molecular flexibility index (Phi) is 8.89. The lowest BCUT2D eigenvalue weighted by molar-refractivity contribution is -0.187. The van der Waals surface area contributed by atoms with Crippen molar-refractivity contribution in [1.82, 2.24) is 25.1 Å². The summed E-state index contributed by atoms with van der Waals surface area (Å²) in [5.74, 6) is 0.712. The third-order valence-corrected chi connectivity index (χ3v) is 7.44. The summed E-state index contributed by atoms with van der Waals surface area (Å²) in [5.41, 5.74) is 2.09. The van der Waals surface area contributed by atoms with E-state index in [-0.39, 0.29) is 36.9 Å². The predicted octanol–water partition coefficient (Wildman–Crippen LogP) is 3.43. The van der Waals surface area contributed by atoms with Crippen molar-refractivity contribution in [3.8, 4) is 5.75 Å². The smallest absolute Gasteiger partial charge is 0.334 e. The van der Waals surface area contributed by atoms with E-state index in [2.05, 4.69) is 31.3 Å². The highest BCUT2D eigenvalue weighted by molar-refractivity contribution is 5.91. The van der Waals surface area contributed by atoms with E-state index in [0.29, 0.717) is 19.5 Å². The number of urea groups is 1. The van der Waals surface area contributed by atoms with Gasteiger partial charge in [-0.15, -0.1) is 0 Å². The SMILES string of the molecule is CCCC[C@H]1C(=O)N(CC(C)c2ccccc2)C[C@H]2N1C(=O)CN(C)N2C(=O)NCc1ccc(OC)cc1. The third kappa shape index (κ3) is 5.93. The van der Waals surface area contributed by atoms with Crippen molar-refractivity contribution in [2.75, 3.05) is 33.8 Å². The molecule has 0 aliphatic carbocycles. The maximum atomic E-state index is 13.7. The molecule has 2 aromatic rings. The molecule has 0 spiro atoms. The Morgan fingerprint density at radius 3 is 2.47 bits per heavy atom. The Morgan fingerprint density at radius 1 is 1.11 bits per heavy atom. The zero-order valence-electron chi connectivity index (χ0n) is 22.8. The molecule has 2 heterocycles. The van der Waals surface area contributed by atoms with Gasteiger partial charge in [0.15, 0.2) is 0 Å². The van der Waals surface area contributed by atoms with Gasteiger partial charge in [-0.1, -0.05) is 69.2 Å². The fourth-order valence-electron chi connectivity index (χ4n) is 5.36. The molecule has 0 saturated carbocycles. The molecule has 2 aliphatic heterocycles. The van der Waals surface area contributed by atoms with E-state index in [9.17, 15) is 14.4 Å². The van der Waals surface area contributed by atoms with Crippen LogP contribution in [0.5, 0.6) is 5.75 Å². The van der Waals surface area contributed by atoms with E-state index in [1.807, 2.05) is 47.4 Å². The van der Waals surface area contributed by atoms with E-state index in [0.717, 1.165) is 29.7 Å². The molecule has 2 aliphatic rings. The van der Waals surface area contributed by atoms with Gasteiger partial charge in [0.2, 0.25) is 11.8 Å². The lowest BCUT2D eigenvalue weighted by Gasteiger charge is -2.54. The van der Waals surface area contributed by atoms with E-state index >= 15 is 0 Å². The van der Waals surface area contributed by atoms with Crippen LogP contribution < -0.4 is 10.1 Å². The molecule has 2 aromatic carbocycles. The summed E-state index contributed by atoms with van der Waals surface area (Å²) in [4.78, 5) is 44.0. The van der Waals surface area contributed by atoms with Gasteiger partial charge in [0.25, 0.3) is 0 Å². The summed E-state index contributed by atoms with van der Waals surface area (Å²) in [5, 5.41) is 6.27. The Labute approximate surface area is 225 Å². The van der Waals surface area contributed by atoms with Crippen LogP contribution in [0.15, 0.2) is 54.6 Å². The summed E-state index contributed by atoms with van der Waals surface area (Å²) in [6.07, 6.45) is 1.76. The number of methoxy groups -OCH3 is 1. The van der Waals surface area contributed by atoms with Gasteiger partial charge in [-0.05, 0) is 35.6 Å². The van der Waals surface area contributed by atoms with Gasteiger partial charge in [0.05, 0.1) is 20.2 Å². The second-order valence-corrected chi connectivity index (χ2v) is 10.2. The average Bonchev–Trinajstić information content (AvgIpc) is 2.92. The molecule has 9 heteroatoms. The standard InChI is InChI=1S/C29H39N5O4/c1-5-6-12-25-28(36)32(18-21(2)23-10-8-7-9-11-23)19-26-33(25)27(35)20-31(3)34(26)29(37)30-17-22-13-15-24(38-4)16-14-22/h7-11,13-16,21,25-26H,5-6,12,17-20H2,1-4H3,(H,30,37)/t21?,25-,26-/m0/s1. The first-order valence-corrected chi connectivity index (χ1v) is 13.4. The first-order valence-electron chi connectivity index (χ1n) is 13.4. The second kappa shape index (κ2) is 12.3. The van der Waals surface area contributed by atoms with Gasteiger partial charge in [-0.25, -0.2) is 14.8 Å². The summed E-state index contributed by atoms with van der Waals surface area (Å²) in [6.45, 7) is 5.35. The molecule has 2 fully saturated rings. The number of nitrogens with zero attached hydrogens (tertiary/aromatic N) is 4. The number of carbonyl (C=O) groups is 3. The number of carbonyl (C=O) groups excluding carboxylic acids is 3. The van der Waals surface area contributed by atoms with Crippen molar-refractivity contribution in [2.24, 2.45) is 0 Å². The molecule has 1 N–H and O–H groups in total. The van der Waals surface area contributed by atoms with Crippen LogP contribution in [-0.2, 0) is 16.1 Å². The van der Waals surface area contributed by atoms with Crippen LogP contribution in [0, 0.1) is 0 Å². The zero-order chi connectivity index (χ0) is 27.2. The molecule has 4 amide bonds. The highest BCUT2D eigenvalue weighted by Crippen LogP contribution is 2.30. The number of benzene rings is 2. The third-order valence-electron chi connectivity index (χ3n) is 7.44. The molecule has 0 bridgehead atoms. The number of hydrogen-bond acceptors (Lipinski definition) is 5. The average molecular weight is 522 g/mol. The quantitative estimate of drug-likeness (QED) is 0.547. The van der Waals surface area contributed by atoms with Crippen LogP contribution >= 0.6 is 0 Å². The fourth-order valence-corrected chi connectivity index (χ4v) is 5.36. The Balaban J connectivity index is 1.56. The van der Waals surface area contributed by atoms with E-state index in [1.54, 1.807) is 29.1 Å². The number of amides is 4. The number of hydrazine groups is 1. The minimum Gasteiger partial charge on any atom is -0.497 e. The molecule has 3 atom stereocenters. The predicted molar refractivity (Wildman–Crippen MR) is 145 cm³/mol. The highest BCUT2D eigenvalue weighted by Gasteiger charge is 2.50. The molecule has 38 heavy (non-hydrogen) atoms. The molecule has 2 saturated heterocycles. The Hall–Kier alpha value is -3.59. The number of unbranched alkanes of at least 4 members (excludes halogenated alkanes) is 1. The Bertz CT molecular complexity index is 1110. The van der Waals surface area contributed by atoms with Crippen LogP contribution in [0.4, 0.5) is 4.79 Å². The summed E-state index contributed by atoms with van der Waals surface area (Å²) in [6, 6.07) is 16.7. The van der Waals surface area contributed by atoms with Crippen molar-refractivity contribution in [2.45, 2.75) is 57.8 Å². The maximum Gasteiger partial charge on any atom is 0.334 e. The lowest BCUT2D eigenvalue weighted by atomic mass is 9.97. The number of ether oxygens (including phenoxy) is 1. The Morgan fingerprint density at radius 2 is 1.82 bits per heavy atom. The topological polar surface area (TPSA) is 85.4 Å². The van der Waals surface area contributed by atoms with Crippen LogP contribution in [0.1, 0.15) is 50.2 Å². The second-order valence-electron chi connectivity index (χ2n) is 10.2. The molecule has 204 valence electrons. The number of fused-ring (bicyclic) bond motifs is 1. The normalized spacial score (nSPS) is 20.8. The van der Waals surface area contributed by atoms with Gasteiger partial charge < -0.3 is 19.9 Å². The molecule has 1 unspecified atom stereocenters. The van der Waals surface area contributed by atoms with Crippen molar-refractivity contribution in [3.05, 3.63) is 65.7 Å². The van der Waals surface area contributed by atoms with Gasteiger partial charge in [0.1, 0.15) is 18.0 Å². The molecule has 9 nitrogen and oxygen atoms in total. The van der Waals surface area contributed by atoms with Crippen LogP contribution in [0.2, 0.25) is 0 Å². The maximum absolute atomic E-state index is 13.7. The van der Waals surface area contributed by atoms with Crippen molar-refractivity contribution in [3.63, 3.8) is 0 Å². The summed E-state index contributed by atoms with van der Waals surface area (Å²) in [7, 11) is 3.36. The molecular weight excluding hydrogens is 482 g/mol. The van der Waals surface area contributed by atoms with Gasteiger partial charge in [-0.2, -0.15) is 0 Å². The molecular formula is C29H39N5O4. The first-order chi connectivity index (χ1) is 18.3. The van der Waals surface area contributed by atoms with Gasteiger partial charge in [-0.3, -0.25) is 9.59 Å². The van der Waals surface area contributed by atoms with E-state index in [1.165, 1.54) is 0 Å². The van der Waals surface area contributed by atoms with Crippen molar-refractivity contribution >= 4 is 17.8 Å². The summed E-state index contributed by atoms with van der Waals surface area (Å²) < 4.78 is 5.21. The van der Waals surface area contributed by atoms with Gasteiger partial charge in [0, 0.05) is 20.1 Å². The number of hydrogen-bond donors (Lipinski definition) is 1. The minimum absolute atomic E-state index is 0.0334. The molecule has 0 radical (unpaired) electrons. The largest absolute Gasteiger partial charge is 0.497 e. The minimum atomic E-state index is -0.574. The molecule has 4 rings (SSSR count). The number of piperazine rings is 1.